The highest BCUT2D eigenvalue weighted by atomic mass is 35.5. The zero-order valence-electron chi connectivity index (χ0n) is 14.5. The van der Waals surface area contributed by atoms with Crippen molar-refractivity contribution in [1.82, 2.24) is 4.90 Å². The normalized spacial score (nSPS) is 11.1. The maximum atomic E-state index is 14.3. The summed E-state index contributed by atoms with van der Waals surface area (Å²) in [6, 6.07) is 15.5. The Balaban J connectivity index is 1.73. The van der Waals surface area contributed by atoms with E-state index in [4.69, 9.17) is 27.6 Å². The summed E-state index contributed by atoms with van der Waals surface area (Å²) in [5.41, 5.74) is 0.251. The van der Waals surface area contributed by atoms with Crippen molar-refractivity contribution in [1.29, 1.82) is 0 Å². The van der Waals surface area contributed by atoms with E-state index in [2.05, 4.69) is 0 Å². The van der Waals surface area contributed by atoms with Crippen LogP contribution in [0, 0.1) is 5.82 Å². The SMILES string of the molecule is O=C(c1sc2ccccc2c1Cl)N(Cc1ccco1)Cc1c(F)cccc1Cl. The first-order chi connectivity index (χ1) is 13.5. The molecule has 0 atom stereocenters. The molecule has 0 aliphatic heterocycles. The number of fused-ring (bicyclic) bond motifs is 1. The van der Waals surface area contributed by atoms with Gasteiger partial charge in [0.15, 0.2) is 0 Å². The Bertz CT molecular complexity index is 1120. The average Bonchev–Trinajstić information content (AvgIpc) is 3.31. The fourth-order valence-electron chi connectivity index (χ4n) is 2.96. The molecule has 0 aliphatic rings. The number of benzene rings is 2. The molecule has 1 amide bonds. The molecular formula is C21H14Cl2FNO2S. The minimum Gasteiger partial charge on any atom is -0.467 e. The van der Waals surface area contributed by atoms with Crippen molar-refractivity contribution in [2.45, 2.75) is 13.1 Å². The maximum absolute atomic E-state index is 14.3. The second kappa shape index (κ2) is 7.95. The molecule has 0 bridgehead atoms. The molecule has 0 radical (unpaired) electrons. The molecular weight excluding hydrogens is 420 g/mol. The highest BCUT2D eigenvalue weighted by Gasteiger charge is 2.25. The van der Waals surface area contributed by atoms with Gasteiger partial charge in [0, 0.05) is 20.7 Å². The summed E-state index contributed by atoms with van der Waals surface area (Å²) in [6.45, 7) is 0.163. The maximum Gasteiger partial charge on any atom is 0.266 e. The predicted octanol–water partition coefficient (Wildman–Crippen LogP) is 6.78. The third-order valence-corrected chi connectivity index (χ3v) is 6.37. The third-order valence-electron chi connectivity index (χ3n) is 4.35. The van der Waals surface area contributed by atoms with Crippen molar-refractivity contribution in [2.24, 2.45) is 0 Å². The van der Waals surface area contributed by atoms with E-state index in [0.29, 0.717) is 15.7 Å². The first kappa shape index (κ1) is 19.0. The molecule has 4 aromatic rings. The molecule has 0 saturated carbocycles. The molecule has 0 N–H and O–H groups in total. The zero-order chi connectivity index (χ0) is 19.7. The number of furan rings is 1. The van der Waals surface area contributed by atoms with Gasteiger partial charge in [-0.15, -0.1) is 11.3 Å². The molecule has 2 heterocycles. The Kier molecular flexibility index (Phi) is 5.40. The van der Waals surface area contributed by atoms with Gasteiger partial charge in [0.05, 0.1) is 24.4 Å². The fourth-order valence-corrected chi connectivity index (χ4v) is 4.66. The van der Waals surface area contributed by atoms with Crippen molar-refractivity contribution in [2.75, 3.05) is 0 Å². The molecule has 0 saturated heterocycles. The van der Waals surface area contributed by atoms with E-state index < -0.39 is 5.82 Å². The third kappa shape index (κ3) is 3.65. The highest BCUT2D eigenvalue weighted by molar-refractivity contribution is 7.21. The van der Waals surface area contributed by atoms with Gasteiger partial charge in [0.25, 0.3) is 5.91 Å². The van der Waals surface area contributed by atoms with E-state index in [1.165, 1.54) is 34.6 Å². The Morgan fingerprint density at radius 1 is 1.04 bits per heavy atom. The van der Waals surface area contributed by atoms with Crippen molar-refractivity contribution in [3.63, 3.8) is 0 Å². The van der Waals surface area contributed by atoms with Gasteiger partial charge in [-0.3, -0.25) is 4.79 Å². The summed E-state index contributed by atoms with van der Waals surface area (Å²) in [5, 5.41) is 1.48. The lowest BCUT2D eigenvalue weighted by atomic mass is 10.2. The van der Waals surface area contributed by atoms with Crippen LogP contribution in [-0.2, 0) is 13.1 Å². The fraction of sp³-hybridized carbons (Fsp3) is 0.0952. The summed E-state index contributed by atoms with van der Waals surface area (Å²) < 4.78 is 20.6. The topological polar surface area (TPSA) is 33.5 Å². The number of hydrogen-bond acceptors (Lipinski definition) is 3. The molecule has 2 aromatic heterocycles. The van der Waals surface area contributed by atoms with Gasteiger partial charge in [-0.2, -0.15) is 0 Å². The van der Waals surface area contributed by atoms with Crippen LogP contribution in [0.2, 0.25) is 10.0 Å². The molecule has 0 aliphatic carbocycles. The van der Waals surface area contributed by atoms with Crippen LogP contribution in [0.3, 0.4) is 0 Å². The highest BCUT2D eigenvalue weighted by Crippen LogP contribution is 2.36. The van der Waals surface area contributed by atoms with Crippen LogP contribution < -0.4 is 0 Å². The van der Waals surface area contributed by atoms with E-state index >= 15 is 0 Å². The zero-order valence-corrected chi connectivity index (χ0v) is 16.8. The van der Waals surface area contributed by atoms with E-state index in [1.54, 1.807) is 18.2 Å². The Labute approximate surface area is 174 Å². The molecule has 4 rings (SSSR count). The quantitative estimate of drug-likeness (QED) is 0.347. The number of carbonyl (C=O) groups is 1. The predicted molar refractivity (Wildman–Crippen MR) is 111 cm³/mol. The second-order valence-electron chi connectivity index (χ2n) is 6.18. The van der Waals surface area contributed by atoms with Crippen LogP contribution in [0.25, 0.3) is 10.1 Å². The van der Waals surface area contributed by atoms with Crippen LogP contribution in [0.4, 0.5) is 4.39 Å². The first-order valence-electron chi connectivity index (χ1n) is 8.46. The lowest BCUT2D eigenvalue weighted by Gasteiger charge is -2.22. The van der Waals surface area contributed by atoms with Crippen LogP contribution >= 0.6 is 34.5 Å². The number of rotatable bonds is 5. The van der Waals surface area contributed by atoms with Crippen LogP contribution in [0.5, 0.6) is 0 Å². The molecule has 0 unspecified atom stereocenters. The standard InChI is InChI=1S/C21H14Cl2FNO2S/c22-16-7-3-8-17(24)15(16)12-25(11-13-5-4-10-27-13)21(26)20-19(23)14-6-1-2-9-18(14)28-20/h1-10H,11-12H2. The summed E-state index contributed by atoms with van der Waals surface area (Å²) in [6.07, 6.45) is 1.53. The summed E-state index contributed by atoms with van der Waals surface area (Å²) >= 11 is 14.0. The van der Waals surface area contributed by atoms with E-state index in [0.717, 1.165) is 10.1 Å². The number of halogens is 3. The van der Waals surface area contributed by atoms with Crippen molar-refractivity contribution >= 4 is 50.5 Å². The van der Waals surface area contributed by atoms with Gasteiger partial charge in [0.1, 0.15) is 16.5 Å². The first-order valence-corrected chi connectivity index (χ1v) is 10.0. The average molecular weight is 434 g/mol. The summed E-state index contributed by atoms with van der Waals surface area (Å²) in [7, 11) is 0. The molecule has 142 valence electrons. The molecule has 7 heteroatoms. The van der Waals surface area contributed by atoms with Gasteiger partial charge >= 0.3 is 0 Å². The van der Waals surface area contributed by atoms with E-state index in [-0.39, 0.29) is 29.6 Å². The van der Waals surface area contributed by atoms with Crippen molar-refractivity contribution in [3.05, 3.63) is 92.9 Å². The molecule has 2 aromatic carbocycles. The van der Waals surface area contributed by atoms with Crippen molar-refractivity contribution < 1.29 is 13.6 Å². The van der Waals surface area contributed by atoms with Gasteiger partial charge in [-0.25, -0.2) is 4.39 Å². The summed E-state index contributed by atoms with van der Waals surface area (Å²) in [5.74, 6) is -0.188. The number of thiophene rings is 1. The number of amides is 1. The van der Waals surface area contributed by atoms with Gasteiger partial charge in [-0.1, -0.05) is 47.5 Å². The second-order valence-corrected chi connectivity index (χ2v) is 8.02. The Hall–Kier alpha value is -2.34. The Morgan fingerprint density at radius 2 is 1.86 bits per heavy atom. The van der Waals surface area contributed by atoms with Gasteiger partial charge in [0.2, 0.25) is 0 Å². The lowest BCUT2D eigenvalue weighted by Crippen LogP contribution is -2.30. The summed E-state index contributed by atoms with van der Waals surface area (Å²) in [4.78, 5) is 15.2. The minimum absolute atomic E-state index is 0.00435. The monoisotopic (exact) mass is 433 g/mol. The Morgan fingerprint density at radius 3 is 2.57 bits per heavy atom. The van der Waals surface area contributed by atoms with Crippen LogP contribution in [-0.4, -0.2) is 10.8 Å². The largest absolute Gasteiger partial charge is 0.467 e. The van der Waals surface area contributed by atoms with Gasteiger partial charge in [-0.05, 0) is 30.3 Å². The van der Waals surface area contributed by atoms with Crippen LogP contribution in [0.15, 0.2) is 65.3 Å². The van der Waals surface area contributed by atoms with Gasteiger partial charge < -0.3 is 9.32 Å². The van der Waals surface area contributed by atoms with E-state index in [9.17, 15) is 9.18 Å². The van der Waals surface area contributed by atoms with E-state index in [1.807, 2.05) is 24.3 Å². The van der Waals surface area contributed by atoms with Crippen molar-refractivity contribution in [3.8, 4) is 0 Å². The smallest absolute Gasteiger partial charge is 0.266 e. The number of hydrogen-bond donors (Lipinski definition) is 0. The lowest BCUT2D eigenvalue weighted by molar-refractivity contribution is 0.0721. The minimum atomic E-state index is -0.466. The molecule has 28 heavy (non-hydrogen) atoms. The number of carbonyl (C=O) groups excluding carboxylic acids is 1. The molecule has 3 nitrogen and oxygen atoms in total. The molecule has 0 spiro atoms. The van der Waals surface area contributed by atoms with Crippen LogP contribution in [0.1, 0.15) is 21.0 Å². The number of nitrogens with zero attached hydrogens (tertiary/aromatic N) is 1. The molecule has 0 fully saturated rings.